The molecule has 1 aromatic rings. The van der Waals surface area contributed by atoms with Crippen LogP contribution in [-0.4, -0.2) is 29.3 Å². The predicted octanol–water partition coefficient (Wildman–Crippen LogP) is 3.06. The van der Waals surface area contributed by atoms with E-state index < -0.39 is 5.97 Å². The van der Waals surface area contributed by atoms with E-state index in [4.69, 9.17) is 14.6 Å². The number of carboxylic acid groups (broad SMARTS) is 1. The molecule has 116 valence electrons. The van der Waals surface area contributed by atoms with Crippen LogP contribution in [0.5, 0.6) is 5.75 Å². The van der Waals surface area contributed by atoms with Crippen LogP contribution in [0.2, 0.25) is 0 Å². The Bertz CT molecular complexity index is 505. The lowest BCUT2D eigenvalue weighted by Crippen LogP contribution is -2.13. The number of esters is 1. The second-order valence-corrected chi connectivity index (χ2v) is 5.33. The minimum absolute atomic E-state index is 0.0259. The zero-order valence-electron chi connectivity index (χ0n) is 12.9. The second kappa shape index (κ2) is 7.67. The molecule has 0 saturated carbocycles. The van der Waals surface area contributed by atoms with Crippen LogP contribution in [0.3, 0.4) is 0 Å². The summed E-state index contributed by atoms with van der Waals surface area (Å²) in [4.78, 5) is 22.6. The molecule has 0 unspecified atom stereocenters. The summed E-state index contributed by atoms with van der Waals surface area (Å²) < 4.78 is 10.7. The van der Waals surface area contributed by atoms with Gasteiger partial charge in [0, 0.05) is 6.42 Å². The summed E-state index contributed by atoms with van der Waals surface area (Å²) in [6.45, 7) is 7.36. The molecule has 0 saturated heterocycles. The molecule has 0 aromatic heterocycles. The number of ether oxygens (including phenoxy) is 2. The summed E-state index contributed by atoms with van der Waals surface area (Å²) in [6.07, 6.45) is 0.390. The van der Waals surface area contributed by atoms with E-state index in [1.807, 2.05) is 13.8 Å². The number of hydrogen-bond donors (Lipinski definition) is 1. The molecule has 1 N–H and O–H groups in total. The van der Waals surface area contributed by atoms with Crippen molar-refractivity contribution in [2.24, 2.45) is 0 Å². The second-order valence-electron chi connectivity index (χ2n) is 5.33. The summed E-state index contributed by atoms with van der Waals surface area (Å²) in [6, 6.07) is 4.67. The van der Waals surface area contributed by atoms with Crippen LogP contribution in [0, 0.1) is 0 Å². The standard InChI is InChI=1S/C16H22O5/c1-10(2)20-14-7-5-13(16(18)19)9-12(14)6-8-15(17)21-11(3)4/h5,7,9-11H,6,8H2,1-4H3,(H,18,19). The Morgan fingerprint density at radius 2 is 1.81 bits per heavy atom. The van der Waals surface area contributed by atoms with Gasteiger partial charge in [-0.15, -0.1) is 0 Å². The number of carboxylic acids is 1. The van der Waals surface area contributed by atoms with E-state index in [0.717, 1.165) is 0 Å². The minimum atomic E-state index is -1.00. The van der Waals surface area contributed by atoms with Crippen molar-refractivity contribution in [2.75, 3.05) is 0 Å². The normalized spacial score (nSPS) is 10.8. The summed E-state index contributed by atoms with van der Waals surface area (Å²) >= 11 is 0. The lowest BCUT2D eigenvalue weighted by atomic mass is 10.0. The molecule has 0 aliphatic rings. The van der Waals surface area contributed by atoms with Crippen LogP contribution in [0.4, 0.5) is 0 Å². The molecule has 0 aliphatic heterocycles. The first-order valence-electron chi connectivity index (χ1n) is 7.02. The molecule has 0 spiro atoms. The van der Waals surface area contributed by atoms with Crippen LogP contribution in [-0.2, 0) is 16.0 Å². The number of benzene rings is 1. The fourth-order valence-corrected chi connectivity index (χ4v) is 1.84. The van der Waals surface area contributed by atoms with E-state index in [0.29, 0.717) is 17.7 Å². The van der Waals surface area contributed by atoms with Crippen molar-refractivity contribution in [1.82, 2.24) is 0 Å². The van der Waals surface area contributed by atoms with E-state index in [1.54, 1.807) is 26.0 Å². The first-order chi connectivity index (χ1) is 9.79. The molecule has 0 atom stereocenters. The molecular formula is C16H22O5. The maximum absolute atomic E-state index is 11.6. The molecule has 1 rings (SSSR count). The van der Waals surface area contributed by atoms with E-state index in [-0.39, 0.29) is 30.2 Å². The van der Waals surface area contributed by atoms with Crippen LogP contribution < -0.4 is 4.74 Å². The third kappa shape index (κ3) is 5.85. The summed E-state index contributed by atoms with van der Waals surface area (Å²) in [5, 5.41) is 9.05. The van der Waals surface area contributed by atoms with Crippen LogP contribution in [0.1, 0.15) is 50.0 Å². The van der Waals surface area contributed by atoms with E-state index >= 15 is 0 Å². The molecule has 0 aliphatic carbocycles. The predicted molar refractivity (Wildman–Crippen MR) is 78.7 cm³/mol. The van der Waals surface area contributed by atoms with Gasteiger partial charge in [0.2, 0.25) is 0 Å². The molecule has 5 heteroatoms. The SMILES string of the molecule is CC(C)OC(=O)CCc1cc(C(=O)O)ccc1OC(C)C. The Balaban J connectivity index is 2.87. The smallest absolute Gasteiger partial charge is 0.335 e. The highest BCUT2D eigenvalue weighted by atomic mass is 16.5. The zero-order chi connectivity index (χ0) is 16.0. The van der Waals surface area contributed by atoms with Gasteiger partial charge in [-0.1, -0.05) is 0 Å². The van der Waals surface area contributed by atoms with E-state index in [1.165, 1.54) is 6.07 Å². The Kier molecular flexibility index (Phi) is 6.21. The van der Waals surface area contributed by atoms with Gasteiger partial charge >= 0.3 is 11.9 Å². The average molecular weight is 294 g/mol. The van der Waals surface area contributed by atoms with Crippen LogP contribution in [0.25, 0.3) is 0 Å². The summed E-state index contributed by atoms with van der Waals surface area (Å²) in [7, 11) is 0. The number of carbonyl (C=O) groups is 2. The van der Waals surface area contributed by atoms with Gasteiger partial charge in [0.25, 0.3) is 0 Å². The summed E-state index contributed by atoms with van der Waals surface area (Å²) in [5.41, 5.74) is 0.877. The van der Waals surface area contributed by atoms with Gasteiger partial charge in [0.1, 0.15) is 5.75 Å². The Morgan fingerprint density at radius 3 is 2.33 bits per heavy atom. The van der Waals surface area contributed by atoms with Crippen molar-refractivity contribution in [3.8, 4) is 5.75 Å². The molecular weight excluding hydrogens is 272 g/mol. The Labute approximate surface area is 124 Å². The first kappa shape index (κ1) is 17.0. The number of rotatable bonds is 7. The Morgan fingerprint density at radius 1 is 1.14 bits per heavy atom. The van der Waals surface area contributed by atoms with Gasteiger partial charge in [0.05, 0.1) is 17.8 Å². The van der Waals surface area contributed by atoms with Crippen LogP contribution >= 0.6 is 0 Å². The third-order valence-corrected chi connectivity index (χ3v) is 2.64. The van der Waals surface area contributed by atoms with Gasteiger partial charge in [-0.25, -0.2) is 4.79 Å². The lowest BCUT2D eigenvalue weighted by Gasteiger charge is -2.15. The zero-order valence-corrected chi connectivity index (χ0v) is 12.9. The average Bonchev–Trinajstić information content (AvgIpc) is 2.35. The van der Waals surface area contributed by atoms with Crippen LogP contribution in [0.15, 0.2) is 18.2 Å². The molecule has 0 heterocycles. The van der Waals surface area contributed by atoms with Crippen molar-refractivity contribution in [2.45, 2.75) is 52.7 Å². The van der Waals surface area contributed by atoms with Gasteiger partial charge in [-0.3, -0.25) is 4.79 Å². The molecule has 5 nitrogen and oxygen atoms in total. The molecule has 0 amide bonds. The maximum atomic E-state index is 11.6. The molecule has 21 heavy (non-hydrogen) atoms. The number of carbonyl (C=O) groups excluding carboxylic acids is 1. The lowest BCUT2D eigenvalue weighted by molar-refractivity contribution is -0.147. The van der Waals surface area contributed by atoms with Gasteiger partial charge < -0.3 is 14.6 Å². The monoisotopic (exact) mass is 294 g/mol. The number of aryl methyl sites for hydroxylation is 1. The molecule has 0 bridgehead atoms. The molecule has 0 radical (unpaired) electrons. The van der Waals surface area contributed by atoms with Gasteiger partial charge in [-0.2, -0.15) is 0 Å². The van der Waals surface area contributed by atoms with Crippen molar-refractivity contribution < 1.29 is 24.2 Å². The third-order valence-electron chi connectivity index (χ3n) is 2.64. The highest BCUT2D eigenvalue weighted by Crippen LogP contribution is 2.23. The highest BCUT2D eigenvalue weighted by molar-refractivity contribution is 5.88. The first-order valence-corrected chi connectivity index (χ1v) is 7.02. The molecule has 1 aromatic carbocycles. The van der Waals surface area contributed by atoms with Crippen molar-refractivity contribution >= 4 is 11.9 Å². The van der Waals surface area contributed by atoms with E-state index in [2.05, 4.69) is 0 Å². The number of aromatic carboxylic acids is 1. The number of hydrogen-bond acceptors (Lipinski definition) is 4. The minimum Gasteiger partial charge on any atom is -0.491 e. The fourth-order valence-electron chi connectivity index (χ4n) is 1.84. The summed E-state index contributed by atoms with van der Waals surface area (Å²) in [5.74, 6) is -0.703. The maximum Gasteiger partial charge on any atom is 0.335 e. The van der Waals surface area contributed by atoms with Gasteiger partial charge in [-0.05, 0) is 57.9 Å². The fraction of sp³-hybridized carbons (Fsp3) is 0.500. The quantitative estimate of drug-likeness (QED) is 0.782. The van der Waals surface area contributed by atoms with Crippen molar-refractivity contribution in [3.05, 3.63) is 29.3 Å². The van der Waals surface area contributed by atoms with Crippen molar-refractivity contribution in [3.63, 3.8) is 0 Å². The topological polar surface area (TPSA) is 72.8 Å². The Hall–Kier alpha value is -2.04. The van der Waals surface area contributed by atoms with E-state index in [9.17, 15) is 9.59 Å². The van der Waals surface area contributed by atoms with Crippen molar-refractivity contribution in [1.29, 1.82) is 0 Å². The van der Waals surface area contributed by atoms with Gasteiger partial charge in [0.15, 0.2) is 0 Å². The molecule has 0 fully saturated rings. The largest absolute Gasteiger partial charge is 0.491 e. The highest BCUT2D eigenvalue weighted by Gasteiger charge is 2.13.